The molecule has 19 atom stereocenters. The molecule has 6 aliphatic heterocycles. The molecule has 0 saturated carbocycles. The Labute approximate surface area is 557 Å². The Kier molecular flexibility index (Phi) is 20.3. The summed E-state index contributed by atoms with van der Waals surface area (Å²) in [5.41, 5.74) is 3.46. The molecule has 10 nitrogen and oxygen atoms in total. The van der Waals surface area contributed by atoms with Gasteiger partial charge in [-0.2, -0.15) is 0 Å². The quantitative estimate of drug-likeness (QED) is 0.0440. The molecule has 7 aromatic carbocycles. The fourth-order valence-corrected chi connectivity index (χ4v) is 24.3. The van der Waals surface area contributed by atoms with Crippen molar-refractivity contribution >= 4 is 64.0 Å². The van der Waals surface area contributed by atoms with Crippen molar-refractivity contribution in [3.8, 4) is 0 Å². The van der Waals surface area contributed by atoms with Crippen molar-refractivity contribution in [3.05, 3.63) is 174 Å². The van der Waals surface area contributed by atoms with Crippen LogP contribution in [0.3, 0.4) is 0 Å². The average Bonchev–Trinajstić information content (AvgIpc) is 1.36. The van der Waals surface area contributed by atoms with Gasteiger partial charge >= 0.3 is 0 Å². The number of thioether (sulfide) groups is 1. The van der Waals surface area contributed by atoms with Crippen LogP contribution in [-0.2, 0) is 66.9 Å². The van der Waals surface area contributed by atoms with Crippen molar-refractivity contribution in [2.75, 3.05) is 6.61 Å². The van der Waals surface area contributed by atoms with E-state index in [-0.39, 0.29) is 89.4 Å². The van der Waals surface area contributed by atoms with Crippen molar-refractivity contribution in [3.63, 3.8) is 0 Å². The molecule has 1 unspecified atom stereocenters. The topological polar surface area (TPSA) is 92.3 Å². The number of rotatable bonds is 19. The van der Waals surface area contributed by atoms with Crippen molar-refractivity contribution in [1.82, 2.24) is 0 Å². The van der Waals surface area contributed by atoms with Crippen LogP contribution in [0.25, 0.3) is 32.3 Å². The van der Waals surface area contributed by atoms with Gasteiger partial charge in [0.1, 0.15) is 11.7 Å². The normalized spacial score (nSPS) is 33.3. The molecule has 13 rings (SSSR count). The lowest BCUT2D eigenvalue weighted by Crippen LogP contribution is -2.67. The Morgan fingerprint density at radius 1 is 0.533 bits per heavy atom. The highest BCUT2D eigenvalue weighted by molar-refractivity contribution is 8.01. The summed E-state index contributed by atoms with van der Waals surface area (Å²) in [5.74, 6) is -0.743. The summed E-state index contributed by atoms with van der Waals surface area (Å²) >= 11 is 9.25. The van der Waals surface area contributed by atoms with E-state index in [4.69, 9.17) is 58.7 Å². The maximum atomic E-state index is 8.14. The number of alkyl halides is 1. The van der Waals surface area contributed by atoms with Gasteiger partial charge in [0.05, 0.1) is 98.3 Å². The fourth-order valence-electron chi connectivity index (χ4n) is 17.3. The van der Waals surface area contributed by atoms with Gasteiger partial charge in [-0.15, -0.1) is 23.4 Å². The van der Waals surface area contributed by atoms with Crippen LogP contribution >= 0.6 is 23.4 Å². The van der Waals surface area contributed by atoms with E-state index in [0.29, 0.717) is 68.7 Å². The first-order chi connectivity index (χ1) is 44.4. The van der Waals surface area contributed by atoms with E-state index < -0.39 is 31.9 Å². The monoisotopic (exact) mass is 1300 g/mol. The van der Waals surface area contributed by atoms with Gasteiger partial charge in [0.25, 0.3) is 0 Å². The number of ether oxygens (including phenoxy) is 9. The van der Waals surface area contributed by atoms with E-state index in [1.807, 2.05) is 0 Å². The van der Waals surface area contributed by atoms with Gasteiger partial charge in [0.15, 0.2) is 5.79 Å². The van der Waals surface area contributed by atoms with Gasteiger partial charge in [0, 0.05) is 42.4 Å². The first kappa shape index (κ1) is 66.4. The summed E-state index contributed by atoms with van der Waals surface area (Å²) in [6, 6.07) is 55.9. The molecule has 0 aliphatic carbocycles. The van der Waals surface area contributed by atoms with Gasteiger partial charge in [-0.3, -0.25) is 0 Å². The standard InChI is InChI=1S/C79H99ClO10SSi/c1-48(2)92(49(3)4,50(5)6)90-72-41-68-69(88-78(72,11)71(42-73(80)91-65-27-13-12-14-28-65)82-45-56-30-33-59-22-16-19-25-62(59)38-56)36-51(7)35-66-67(85-68)40-70-74(86-66)53(9)75(83-46-57-31-34-60-23-17-20-26-63(60)39-57)77-76(87-70)52(8)54(10)79(89-77)43-64(47-84-79)81-44-55-29-32-58-21-15-18-24-61(58)37-55/h12-34,37-39,48-54,64,66-77H,35-36,40-47H2,1-11H3/t51-,52+,53-,54+,64+,66+,67-,68+,69-,70+,71-,72-,73?,74-,75+,76-,77+,78+,79-/m1/s1. The molecule has 92 heavy (non-hydrogen) atoms. The zero-order valence-electron chi connectivity index (χ0n) is 56.0. The van der Waals surface area contributed by atoms with E-state index in [1.54, 1.807) is 11.8 Å². The molecule has 1 spiro atoms. The lowest BCUT2D eigenvalue weighted by atomic mass is 9.75. The second-order valence-electron chi connectivity index (χ2n) is 29.3. The van der Waals surface area contributed by atoms with E-state index in [9.17, 15) is 0 Å². The van der Waals surface area contributed by atoms with Crippen molar-refractivity contribution in [2.24, 2.45) is 23.7 Å². The van der Waals surface area contributed by atoms with Crippen molar-refractivity contribution in [1.29, 1.82) is 0 Å². The van der Waals surface area contributed by atoms with Crippen LogP contribution in [0.15, 0.2) is 163 Å². The number of halogens is 1. The van der Waals surface area contributed by atoms with Crippen LogP contribution in [0, 0.1) is 23.7 Å². The number of hydrogen-bond acceptors (Lipinski definition) is 11. The second kappa shape index (κ2) is 28.1. The molecule has 0 bridgehead atoms. The highest BCUT2D eigenvalue weighted by Crippen LogP contribution is 2.54. The Hall–Kier alpha value is -4.22. The molecule has 6 aliphatic rings. The second-order valence-corrected chi connectivity index (χ2v) is 36.8. The maximum Gasteiger partial charge on any atom is 0.200 e. The molecule has 492 valence electrons. The van der Waals surface area contributed by atoms with Gasteiger partial charge in [-0.25, -0.2) is 0 Å². The Morgan fingerprint density at radius 2 is 1.05 bits per heavy atom. The highest BCUT2D eigenvalue weighted by Gasteiger charge is 2.63. The largest absolute Gasteiger partial charge is 0.410 e. The summed E-state index contributed by atoms with van der Waals surface area (Å²) in [6.45, 7) is 27.6. The number of hydrogen-bond donors (Lipinski definition) is 0. The number of benzene rings is 7. The first-order valence-electron chi connectivity index (χ1n) is 34.6. The molecular formula is C79H99ClO10SSi. The minimum atomic E-state index is -2.56. The smallest absolute Gasteiger partial charge is 0.200 e. The summed E-state index contributed by atoms with van der Waals surface area (Å²) in [6.07, 6.45) is 0.415. The van der Waals surface area contributed by atoms with Crippen LogP contribution in [0.2, 0.25) is 16.6 Å². The van der Waals surface area contributed by atoms with Gasteiger partial charge < -0.3 is 47.1 Å². The molecule has 0 amide bonds. The summed E-state index contributed by atoms with van der Waals surface area (Å²) in [7, 11) is -2.56. The minimum absolute atomic E-state index is 0.0160. The van der Waals surface area contributed by atoms with E-state index in [1.165, 1.54) is 32.3 Å². The predicted molar refractivity (Wildman–Crippen MR) is 373 cm³/mol. The Bertz CT molecular complexity index is 3590. The molecule has 0 radical (unpaired) electrons. The van der Waals surface area contributed by atoms with E-state index in [2.05, 4.69) is 234 Å². The first-order valence-corrected chi connectivity index (χ1v) is 38.1. The lowest BCUT2D eigenvalue weighted by Gasteiger charge is -2.57. The average molecular weight is 1300 g/mol. The molecule has 6 fully saturated rings. The van der Waals surface area contributed by atoms with E-state index in [0.717, 1.165) is 34.4 Å². The highest BCUT2D eigenvalue weighted by atomic mass is 35.5. The van der Waals surface area contributed by atoms with Crippen molar-refractivity contribution < 1.29 is 47.1 Å². The molecule has 6 heterocycles. The maximum absolute atomic E-state index is 8.14. The summed E-state index contributed by atoms with van der Waals surface area (Å²) in [5, 5.41) is 7.22. The molecule has 0 aromatic heterocycles. The van der Waals surface area contributed by atoms with Crippen LogP contribution in [0.1, 0.15) is 131 Å². The lowest BCUT2D eigenvalue weighted by molar-refractivity contribution is -0.342. The molecule has 7 aromatic rings. The van der Waals surface area contributed by atoms with Crippen molar-refractivity contribution in [2.45, 2.75) is 245 Å². The van der Waals surface area contributed by atoms with Gasteiger partial charge in [0.2, 0.25) is 8.32 Å². The third-order valence-corrected chi connectivity index (χ3v) is 29.9. The van der Waals surface area contributed by atoms with Gasteiger partial charge in [-0.05, 0) is 128 Å². The predicted octanol–water partition coefficient (Wildman–Crippen LogP) is 18.6. The third kappa shape index (κ3) is 13.6. The van der Waals surface area contributed by atoms with Crippen LogP contribution < -0.4 is 0 Å². The molecular weight excluding hydrogens is 1200 g/mol. The Morgan fingerprint density at radius 3 is 1.65 bits per heavy atom. The zero-order valence-corrected chi connectivity index (χ0v) is 58.6. The molecule has 6 saturated heterocycles. The summed E-state index contributed by atoms with van der Waals surface area (Å²) < 4.78 is 74.9. The van der Waals surface area contributed by atoms with Crippen LogP contribution in [0.5, 0.6) is 0 Å². The zero-order chi connectivity index (χ0) is 64.1. The summed E-state index contributed by atoms with van der Waals surface area (Å²) in [4.78, 5) is 1.12. The minimum Gasteiger partial charge on any atom is -0.410 e. The number of fused-ring (bicyclic) bond motifs is 7. The fraction of sp³-hybridized carbons (Fsp3) is 0.544. The van der Waals surface area contributed by atoms with Gasteiger partial charge in [-0.1, -0.05) is 197 Å². The SMILES string of the molecule is CC(C)[Si](O[C@@H]1C[C@@H]2O[C@@H]3C[C@@H]4O[C@@H]5[C@@H](C)[C@H](C)[C@@]6(C[C@H](OCc7ccc8ccccc8c7)CO6)O[C@H]5[C@@H](OCc5ccc6ccccc6c5)[C@H](C)[C@H]4O[C@H]3C[C@@H](C)C[C@H]2O[C@@]1(C)[C@@H](CC(Cl)Sc1ccccc1)OCc1ccc2ccccc2c1)(C(C)C)C(C)C. The molecule has 13 heteroatoms. The molecule has 0 N–H and O–H groups in total. The van der Waals surface area contributed by atoms with Crippen LogP contribution in [-0.4, -0.2) is 104 Å². The third-order valence-electron chi connectivity index (χ3n) is 22.4. The Balaban J connectivity index is 0.797. The van der Waals surface area contributed by atoms with E-state index >= 15 is 0 Å². The van der Waals surface area contributed by atoms with Crippen LogP contribution in [0.4, 0.5) is 0 Å².